The van der Waals surface area contributed by atoms with Gasteiger partial charge in [-0.1, -0.05) is 36.1 Å². The van der Waals surface area contributed by atoms with Gasteiger partial charge in [0.2, 0.25) is 0 Å². The van der Waals surface area contributed by atoms with Crippen molar-refractivity contribution < 1.29 is 0 Å². The van der Waals surface area contributed by atoms with Gasteiger partial charge in [-0.15, -0.1) is 0 Å². The first-order valence-electron chi connectivity index (χ1n) is 4.14. The van der Waals surface area contributed by atoms with Gasteiger partial charge in [0.25, 0.3) is 0 Å². The SMILES string of the molecule is CSC/C=C\C#Cc1ccccc1. The summed E-state index contributed by atoms with van der Waals surface area (Å²) < 4.78 is 0. The maximum Gasteiger partial charge on any atom is 0.0248 e. The Bertz CT molecular complexity index is 314. The third kappa shape index (κ3) is 4.45. The van der Waals surface area contributed by atoms with Crippen LogP contribution in [0.15, 0.2) is 42.5 Å². The molecule has 0 aliphatic carbocycles. The molecule has 1 aromatic carbocycles. The van der Waals surface area contributed by atoms with Crippen molar-refractivity contribution in [1.82, 2.24) is 0 Å². The molecule has 0 spiro atoms. The molecule has 0 unspecified atom stereocenters. The quantitative estimate of drug-likeness (QED) is 0.643. The smallest absolute Gasteiger partial charge is 0.0248 e. The molecular formula is C12H12S. The highest BCUT2D eigenvalue weighted by atomic mass is 32.2. The molecule has 0 saturated carbocycles. The van der Waals surface area contributed by atoms with Crippen molar-refractivity contribution in [1.29, 1.82) is 0 Å². The molecule has 0 saturated heterocycles. The van der Waals surface area contributed by atoms with Crippen LogP contribution in [0.1, 0.15) is 5.56 Å². The summed E-state index contributed by atoms with van der Waals surface area (Å²) in [5.41, 5.74) is 1.07. The minimum absolute atomic E-state index is 1.03. The summed E-state index contributed by atoms with van der Waals surface area (Å²) in [6.07, 6.45) is 6.05. The molecule has 0 N–H and O–H groups in total. The molecule has 1 rings (SSSR count). The average molecular weight is 188 g/mol. The van der Waals surface area contributed by atoms with E-state index in [1.54, 1.807) is 11.8 Å². The zero-order valence-corrected chi connectivity index (χ0v) is 8.47. The Morgan fingerprint density at radius 3 is 2.77 bits per heavy atom. The van der Waals surface area contributed by atoms with Gasteiger partial charge in [-0.3, -0.25) is 0 Å². The van der Waals surface area contributed by atoms with Gasteiger partial charge in [-0.2, -0.15) is 11.8 Å². The van der Waals surface area contributed by atoms with E-state index in [1.807, 2.05) is 36.4 Å². The van der Waals surface area contributed by atoms with Gasteiger partial charge in [0.15, 0.2) is 0 Å². The second-order valence-electron chi connectivity index (χ2n) is 2.49. The molecule has 0 aromatic heterocycles. The van der Waals surface area contributed by atoms with E-state index in [0.717, 1.165) is 11.3 Å². The Balaban J connectivity index is 2.49. The summed E-state index contributed by atoms with van der Waals surface area (Å²) in [6.45, 7) is 0. The molecule has 1 aromatic rings. The second kappa shape index (κ2) is 6.39. The molecule has 0 radical (unpaired) electrons. The zero-order valence-electron chi connectivity index (χ0n) is 7.66. The number of allylic oxidation sites excluding steroid dienone is 1. The van der Waals surface area contributed by atoms with E-state index in [9.17, 15) is 0 Å². The predicted octanol–water partition coefficient (Wildman–Crippen LogP) is 2.96. The molecule has 0 nitrogen and oxygen atoms in total. The Morgan fingerprint density at radius 2 is 2.08 bits per heavy atom. The summed E-state index contributed by atoms with van der Waals surface area (Å²) >= 11 is 1.79. The lowest BCUT2D eigenvalue weighted by atomic mass is 10.2. The largest absolute Gasteiger partial charge is 0.161 e. The van der Waals surface area contributed by atoms with Crippen LogP contribution < -0.4 is 0 Å². The van der Waals surface area contributed by atoms with Crippen LogP contribution in [0.2, 0.25) is 0 Å². The number of hydrogen-bond donors (Lipinski definition) is 0. The van der Waals surface area contributed by atoms with Gasteiger partial charge < -0.3 is 0 Å². The molecule has 66 valence electrons. The van der Waals surface area contributed by atoms with E-state index in [0.29, 0.717) is 0 Å². The summed E-state index contributed by atoms with van der Waals surface area (Å²) in [5, 5.41) is 0. The molecule has 0 atom stereocenters. The third-order valence-corrected chi connectivity index (χ3v) is 1.98. The lowest BCUT2D eigenvalue weighted by Gasteiger charge is -1.84. The Labute approximate surface area is 84.1 Å². The molecule has 0 fully saturated rings. The van der Waals surface area contributed by atoms with Crippen molar-refractivity contribution in [2.45, 2.75) is 0 Å². The lowest BCUT2D eigenvalue weighted by Crippen LogP contribution is -1.69. The normalized spacial score (nSPS) is 9.62. The molecule has 0 aliphatic rings. The Kier molecular flexibility index (Phi) is 4.90. The van der Waals surface area contributed by atoms with Crippen LogP contribution in [0.25, 0.3) is 0 Å². The van der Waals surface area contributed by atoms with Crippen LogP contribution in [-0.2, 0) is 0 Å². The van der Waals surface area contributed by atoms with Gasteiger partial charge in [0.1, 0.15) is 0 Å². The van der Waals surface area contributed by atoms with Gasteiger partial charge in [0, 0.05) is 11.3 Å². The van der Waals surface area contributed by atoms with Crippen LogP contribution in [0.4, 0.5) is 0 Å². The molecule has 13 heavy (non-hydrogen) atoms. The maximum absolute atomic E-state index is 3.06. The van der Waals surface area contributed by atoms with Crippen molar-refractivity contribution in [3.05, 3.63) is 48.0 Å². The highest BCUT2D eigenvalue weighted by molar-refractivity contribution is 7.98. The monoisotopic (exact) mass is 188 g/mol. The number of thioether (sulfide) groups is 1. The first-order chi connectivity index (χ1) is 6.43. The molecule has 0 aliphatic heterocycles. The highest BCUT2D eigenvalue weighted by Gasteiger charge is 1.78. The van der Waals surface area contributed by atoms with E-state index in [1.165, 1.54) is 0 Å². The average Bonchev–Trinajstić information content (AvgIpc) is 2.19. The van der Waals surface area contributed by atoms with Crippen LogP contribution >= 0.6 is 11.8 Å². The van der Waals surface area contributed by atoms with Crippen LogP contribution in [-0.4, -0.2) is 12.0 Å². The summed E-state index contributed by atoms with van der Waals surface area (Å²) in [7, 11) is 0. The lowest BCUT2D eigenvalue weighted by molar-refractivity contribution is 1.65. The van der Waals surface area contributed by atoms with E-state index in [2.05, 4.69) is 24.2 Å². The molecule has 0 amide bonds. The minimum Gasteiger partial charge on any atom is -0.161 e. The first-order valence-corrected chi connectivity index (χ1v) is 5.53. The second-order valence-corrected chi connectivity index (χ2v) is 3.40. The Morgan fingerprint density at radius 1 is 1.31 bits per heavy atom. The Hall–Kier alpha value is -1.13. The fraction of sp³-hybridized carbons (Fsp3) is 0.167. The molecule has 0 heterocycles. The molecule has 1 heteroatoms. The third-order valence-electron chi connectivity index (χ3n) is 1.45. The van der Waals surface area contributed by atoms with E-state index in [-0.39, 0.29) is 0 Å². The predicted molar refractivity (Wildman–Crippen MR) is 60.8 cm³/mol. The number of hydrogen-bond acceptors (Lipinski definition) is 1. The fourth-order valence-corrected chi connectivity index (χ4v) is 1.14. The molecule has 0 bridgehead atoms. The summed E-state index contributed by atoms with van der Waals surface area (Å²) in [4.78, 5) is 0. The van der Waals surface area contributed by atoms with E-state index >= 15 is 0 Å². The topological polar surface area (TPSA) is 0 Å². The van der Waals surface area contributed by atoms with Gasteiger partial charge >= 0.3 is 0 Å². The first kappa shape index (κ1) is 9.95. The van der Waals surface area contributed by atoms with Crippen LogP contribution in [0.3, 0.4) is 0 Å². The highest BCUT2D eigenvalue weighted by Crippen LogP contribution is 1.95. The van der Waals surface area contributed by atoms with Gasteiger partial charge in [-0.05, 0) is 24.5 Å². The van der Waals surface area contributed by atoms with Crippen molar-refractivity contribution in [2.75, 3.05) is 12.0 Å². The van der Waals surface area contributed by atoms with E-state index < -0.39 is 0 Å². The van der Waals surface area contributed by atoms with Gasteiger partial charge in [-0.25, -0.2) is 0 Å². The fourth-order valence-electron chi connectivity index (χ4n) is 0.850. The molecular weight excluding hydrogens is 176 g/mol. The van der Waals surface area contributed by atoms with Crippen LogP contribution in [0.5, 0.6) is 0 Å². The summed E-state index contributed by atoms with van der Waals surface area (Å²) in [6, 6.07) is 10.0. The van der Waals surface area contributed by atoms with Crippen molar-refractivity contribution in [3.63, 3.8) is 0 Å². The van der Waals surface area contributed by atoms with Crippen molar-refractivity contribution in [3.8, 4) is 11.8 Å². The zero-order chi connectivity index (χ0) is 9.36. The van der Waals surface area contributed by atoms with Crippen LogP contribution in [0, 0.1) is 11.8 Å². The maximum atomic E-state index is 3.06. The van der Waals surface area contributed by atoms with E-state index in [4.69, 9.17) is 0 Å². The van der Waals surface area contributed by atoms with Gasteiger partial charge in [0.05, 0.1) is 0 Å². The minimum atomic E-state index is 1.03. The standard InChI is InChI=1S/C12H12S/c1-13-11-7-3-6-10-12-8-4-2-5-9-12/h2-5,7-9H,11H2,1H3/b7-3-. The summed E-state index contributed by atoms with van der Waals surface area (Å²) in [5.74, 6) is 7.08. The van der Waals surface area contributed by atoms with Crippen molar-refractivity contribution in [2.24, 2.45) is 0 Å². The van der Waals surface area contributed by atoms with Crippen molar-refractivity contribution >= 4 is 11.8 Å². The number of rotatable bonds is 2. The number of benzene rings is 1.